The fourth-order valence-electron chi connectivity index (χ4n) is 2.92. The van der Waals surface area contributed by atoms with Gasteiger partial charge in [0.25, 0.3) is 0 Å². The number of hydrogen-bond acceptors (Lipinski definition) is 5. The Labute approximate surface area is 179 Å². The van der Waals surface area contributed by atoms with Crippen LogP contribution in [0.1, 0.15) is 23.7 Å². The SMILES string of the molecule is CCNC(=NCC(C)CN1CCN(C)CC1)NCCc1ncc(C)s1.I. The Morgan fingerprint density at radius 1 is 1.31 bits per heavy atom. The van der Waals surface area contributed by atoms with Crippen LogP contribution in [-0.2, 0) is 6.42 Å². The quantitative estimate of drug-likeness (QED) is 0.329. The lowest BCUT2D eigenvalue weighted by atomic mass is 10.1. The molecule has 26 heavy (non-hydrogen) atoms. The highest BCUT2D eigenvalue weighted by atomic mass is 127. The van der Waals surface area contributed by atoms with Gasteiger partial charge in [0.15, 0.2) is 5.96 Å². The average molecular weight is 494 g/mol. The number of halogens is 1. The van der Waals surface area contributed by atoms with Crippen LogP contribution in [0.15, 0.2) is 11.2 Å². The molecule has 1 fully saturated rings. The zero-order chi connectivity index (χ0) is 18.1. The first-order chi connectivity index (χ1) is 12.1. The molecule has 1 aromatic rings. The number of rotatable bonds is 8. The average Bonchev–Trinajstić information content (AvgIpc) is 3.00. The topological polar surface area (TPSA) is 55.8 Å². The number of thiazole rings is 1. The van der Waals surface area contributed by atoms with E-state index in [2.05, 4.69) is 53.2 Å². The first kappa shape index (κ1) is 23.6. The second-order valence-corrected chi connectivity index (χ2v) is 8.29. The van der Waals surface area contributed by atoms with Crippen LogP contribution >= 0.6 is 35.3 Å². The zero-order valence-corrected chi connectivity index (χ0v) is 19.8. The molecule has 0 aromatic carbocycles. The lowest BCUT2D eigenvalue weighted by Crippen LogP contribution is -2.46. The fraction of sp³-hybridized carbons (Fsp3) is 0.778. The summed E-state index contributed by atoms with van der Waals surface area (Å²) in [4.78, 5) is 15.4. The summed E-state index contributed by atoms with van der Waals surface area (Å²) in [6.45, 7) is 15.0. The number of piperazine rings is 1. The second kappa shape index (κ2) is 12.9. The van der Waals surface area contributed by atoms with Crippen LogP contribution in [0.2, 0.25) is 0 Å². The molecule has 1 unspecified atom stereocenters. The third-order valence-electron chi connectivity index (χ3n) is 4.37. The normalized spacial score (nSPS) is 17.6. The van der Waals surface area contributed by atoms with Gasteiger partial charge in [-0.15, -0.1) is 35.3 Å². The predicted octanol–water partition coefficient (Wildman–Crippen LogP) is 2.05. The number of aliphatic imine (C=N–C) groups is 1. The third-order valence-corrected chi connectivity index (χ3v) is 5.34. The number of guanidine groups is 1. The Morgan fingerprint density at radius 2 is 2.04 bits per heavy atom. The molecule has 2 N–H and O–H groups in total. The number of aromatic nitrogens is 1. The molecule has 6 nitrogen and oxygen atoms in total. The summed E-state index contributed by atoms with van der Waals surface area (Å²) < 4.78 is 0. The Morgan fingerprint density at radius 3 is 2.65 bits per heavy atom. The van der Waals surface area contributed by atoms with Gasteiger partial charge in [0.1, 0.15) is 0 Å². The largest absolute Gasteiger partial charge is 0.357 e. The molecule has 0 spiro atoms. The molecule has 8 heteroatoms. The molecule has 0 amide bonds. The summed E-state index contributed by atoms with van der Waals surface area (Å²) in [6, 6.07) is 0. The Bertz CT molecular complexity index is 528. The molecule has 1 aromatic heterocycles. The Kier molecular flexibility index (Phi) is 11.7. The molecule has 1 aliphatic rings. The summed E-state index contributed by atoms with van der Waals surface area (Å²) in [5, 5.41) is 7.95. The molecule has 0 aliphatic carbocycles. The number of likely N-dealkylation sites (N-methyl/N-ethyl adjacent to an activating group) is 1. The van der Waals surface area contributed by atoms with Gasteiger partial charge in [0.2, 0.25) is 0 Å². The van der Waals surface area contributed by atoms with Gasteiger partial charge in [0.05, 0.1) is 5.01 Å². The van der Waals surface area contributed by atoms with Crippen molar-refractivity contribution in [3.05, 3.63) is 16.1 Å². The van der Waals surface area contributed by atoms with Crippen molar-refractivity contribution in [2.75, 3.05) is 59.4 Å². The summed E-state index contributed by atoms with van der Waals surface area (Å²) in [5.74, 6) is 1.49. The number of hydrogen-bond donors (Lipinski definition) is 2. The maximum absolute atomic E-state index is 4.77. The standard InChI is InChI=1S/C18H34N6S.HI/c1-5-19-18(20-7-6-17-21-13-16(3)25-17)22-12-15(2)14-24-10-8-23(4)9-11-24;/h13,15H,5-12,14H2,1-4H3,(H2,19,20,22);1H. The van der Waals surface area contributed by atoms with Crippen molar-refractivity contribution < 1.29 is 0 Å². The van der Waals surface area contributed by atoms with Crippen molar-refractivity contribution in [3.63, 3.8) is 0 Å². The van der Waals surface area contributed by atoms with Crippen molar-refractivity contribution in [3.8, 4) is 0 Å². The van der Waals surface area contributed by atoms with Crippen molar-refractivity contribution in [1.82, 2.24) is 25.4 Å². The van der Waals surface area contributed by atoms with E-state index in [-0.39, 0.29) is 24.0 Å². The van der Waals surface area contributed by atoms with Gasteiger partial charge in [-0.2, -0.15) is 0 Å². The highest BCUT2D eigenvalue weighted by Gasteiger charge is 2.15. The number of nitrogens with one attached hydrogen (secondary N) is 2. The van der Waals surface area contributed by atoms with E-state index in [4.69, 9.17) is 4.99 Å². The van der Waals surface area contributed by atoms with Crippen LogP contribution in [0.4, 0.5) is 0 Å². The first-order valence-electron chi connectivity index (χ1n) is 9.41. The van der Waals surface area contributed by atoms with Gasteiger partial charge in [-0.05, 0) is 26.8 Å². The van der Waals surface area contributed by atoms with Crippen LogP contribution < -0.4 is 10.6 Å². The van der Waals surface area contributed by atoms with Gasteiger partial charge in [-0.25, -0.2) is 4.98 Å². The molecule has 2 rings (SSSR count). The lowest BCUT2D eigenvalue weighted by molar-refractivity contribution is 0.140. The molecule has 150 valence electrons. The Hall–Kier alpha value is -0.450. The van der Waals surface area contributed by atoms with Crippen molar-refractivity contribution in [2.24, 2.45) is 10.9 Å². The number of aryl methyl sites for hydroxylation is 1. The van der Waals surface area contributed by atoms with Crippen LogP contribution in [-0.4, -0.2) is 80.1 Å². The second-order valence-electron chi connectivity index (χ2n) is 6.97. The highest BCUT2D eigenvalue weighted by Crippen LogP contribution is 2.11. The first-order valence-corrected chi connectivity index (χ1v) is 10.2. The smallest absolute Gasteiger partial charge is 0.191 e. The Balaban J connectivity index is 0.00000338. The molecular weight excluding hydrogens is 459 g/mol. The summed E-state index contributed by atoms with van der Waals surface area (Å²) in [5.41, 5.74) is 0. The minimum atomic E-state index is 0. The maximum atomic E-state index is 4.77. The van der Waals surface area contributed by atoms with Gasteiger partial charge in [-0.3, -0.25) is 4.99 Å². The van der Waals surface area contributed by atoms with Crippen molar-refractivity contribution in [1.29, 1.82) is 0 Å². The molecule has 2 heterocycles. The van der Waals surface area contributed by atoms with E-state index < -0.39 is 0 Å². The minimum Gasteiger partial charge on any atom is -0.357 e. The summed E-state index contributed by atoms with van der Waals surface area (Å²) in [6.07, 6.45) is 2.89. The van der Waals surface area contributed by atoms with E-state index in [9.17, 15) is 0 Å². The maximum Gasteiger partial charge on any atom is 0.191 e. The number of nitrogens with zero attached hydrogens (tertiary/aromatic N) is 4. The molecule has 0 radical (unpaired) electrons. The zero-order valence-electron chi connectivity index (χ0n) is 16.6. The predicted molar refractivity (Wildman–Crippen MR) is 123 cm³/mol. The van der Waals surface area contributed by atoms with Gasteiger partial charge < -0.3 is 20.4 Å². The molecule has 1 saturated heterocycles. The lowest BCUT2D eigenvalue weighted by Gasteiger charge is -2.33. The highest BCUT2D eigenvalue weighted by molar-refractivity contribution is 14.0. The van der Waals surface area contributed by atoms with E-state index in [0.717, 1.165) is 38.6 Å². The van der Waals surface area contributed by atoms with Crippen molar-refractivity contribution in [2.45, 2.75) is 27.2 Å². The molecule has 1 atom stereocenters. The van der Waals surface area contributed by atoms with E-state index in [0.29, 0.717) is 5.92 Å². The van der Waals surface area contributed by atoms with Crippen LogP contribution in [0.25, 0.3) is 0 Å². The molecular formula is C18H35IN6S. The summed E-state index contributed by atoms with van der Waals surface area (Å²) >= 11 is 1.77. The van der Waals surface area contributed by atoms with E-state index >= 15 is 0 Å². The molecule has 0 bridgehead atoms. The monoisotopic (exact) mass is 494 g/mol. The van der Waals surface area contributed by atoms with Crippen molar-refractivity contribution >= 4 is 41.3 Å². The molecule has 1 aliphatic heterocycles. The van der Waals surface area contributed by atoms with Gasteiger partial charge in [-0.1, -0.05) is 6.92 Å². The molecule has 0 saturated carbocycles. The third kappa shape index (κ3) is 8.96. The van der Waals surface area contributed by atoms with Gasteiger partial charge >= 0.3 is 0 Å². The summed E-state index contributed by atoms with van der Waals surface area (Å²) in [7, 11) is 2.20. The van der Waals surface area contributed by atoms with Gasteiger partial charge in [0, 0.05) is 69.9 Å². The fourth-order valence-corrected chi connectivity index (χ4v) is 3.71. The van der Waals surface area contributed by atoms with E-state index in [1.807, 2.05) is 6.20 Å². The van der Waals surface area contributed by atoms with Crippen LogP contribution in [0.5, 0.6) is 0 Å². The van der Waals surface area contributed by atoms with E-state index in [1.54, 1.807) is 11.3 Å². The minimum absolute atomic E-state index is 0. The van der Waals surface area contributed by atoms with E-state index in [1.165, 1.54) is 36.1 Å². The van der Waals surface area contributed by atoms with Crippen LogP contribution in [0, 0.1) is 12.8 Å². The van der Waals surface area contributed by atoms with Crippen LogP contribution in [0.3, 0.4) is 0 Å².